The number of nitrogens with two attached hydrogens (primary N) is 1. The number of fused-ring (bicyclic) bond motifs is 3. The number of hydrogen-bond acceptors (Lipinski definition) is 5. The molecule has 2 aromatic heterocycles. The molecule has 4 heterocycles. The van der Waals surface area contributed by atoms with Gasteiger partial charge < -0.3 is 16.4 Å². The molecule has 6 nitrogen and oxygen atoms in total. The van der Waals surface area contributed by atoms with Crippen molar-refractivity contribution >= 4 is 33.2 Å². The van der Waals surface area contributed by atoms with Crippen LogP contribution in [0.25, 0.3) is 10.1 Å². The smallest absolute Gasteiger partial charge is 0.293 e. The van der Waals surface area contributed by atoms with Crippen LogP contribution in [0.15, 0.2) is 18.3 Å². The second kappa shape index (κ2) is 5.89. The monoisotopic (exact) mass is 340 g/mol. The first-order valence-electron chi connectivity index (χ1n) is 7.86. The highest BCUT2D eigenvalue weighted by Crippen LogP contribution is 2.29. The van der Waals surface area contributed by atoms with Crippen LogP contribution in [0, 0.1) is 11.8 Å². The van der Waals surface area contributed by atoms with E-state index in [1.807, 2.05) is 6.07 Å². The van der Waals surface area contributed by atoms with E-state index in [0.29, 0.717) is 17.8 Å². The molecule has 0 radical (unpaired) electrons. The molecule has 0 aromatic carbocycles. The van der Waals surface area contributed by atoms with E-state index in [1.54, 1.807) is 12.3 Å². The number of pyridine rings is 1. The number of carbonyl (C=O) groups is 2. The van der Waals surface area contributed by atoms with Crippen molar-refractivity contribution in [2.75, 3.05) is 0 Å². The summed E-state index contributed by atoms with van der Waals surface area (Å²) < 4.78 is 0.918. The van der Waals surface area contributed by atoms with Crippen molar-refractivity contribution in [2.24, 2.45) is 5.73 Å². The van der Waals surface area contributed by atoms with E-state index < -0.39 is 5.91 Å². The summed E-state index contributed by atoms with van der Waals surface area (Å²) in [5.41, 5.74) is 5.42. The molecule has 4 rings (SSSR count). The fraction of sp³-hybridized carbons (Fsp3) is 0.353. The van der Waals surface area contributed by atoms with Gasteiger partial charge in [0.15, 0.2) is 0 Å². The predicted molar refractivity (Wildman–Crippen MR) is 91.5 cm³/mol. The van der Waals surface area contributed by atoms with Gasteiger partial charge in [0.2, 0.25) is 0 Å². The predicted octanol–water partition coefficient (Wildman–Crippen LogP) is 0.756. The zero-order valence-electron chi connectivity index (χ0n) is 12.8. The van der Waals surface area contributed by atoms with Gasteiger partial charge in [0.1, 0.15) is 5.69 Å². The first kappa shape index (κ1) is 15.1. The van der Waals surface area contributed by atoms with E-state index in [4.69, 9.17) is 5.73 Å². The quantitative estimate of drug-likeness (QED) is 0.703. The lowest BCUT2D eigenvalue weighted by atomic mass is 9.95. The van der Waals surface area contributed by atoms with Crippen molar-refractivity contribution in [3.63, 3.8) is 0 Å². The third-order valence-corrected chi connectivity index (χ3v) is 5.56. The number of nitrogens with zero attached hydrogens (tertiary/aromatic N) is 1. The number of hydrogen-bond donors (Lipinski definition) is 3. The molecule has 2 bridgehead atoms. The highest BCUT2D eigenvalue weighted by Gasteiger charge is 2.39. The summed E-state index contributed by atoms with van der Waals surface area (Å²) in [4.78, 5) is 28.2. The van der Waals surface area contributed by atoms with Gasteiger partial charge in [0.05, 0.1) is 9.58 Å². The highest BCUT2D eigenvalue weighted by molar-refractivity contribution is 7.19. The molecule has 2 amide bonds. The second-order valence-corrected chi connectivity index (χ2v) is 7.28. The van der Waals surface area contributed by atoms with Gasteiger partial charge in [-0.3, -0.25) is 9.59 Å². The zero-order chi connectivity index (χ0) is 16.7. The zero-order valence-corrected chi connectivity index (χ0v) is 13.7. The van der Waals surface area contributed by atoms with Crippen molar-refractivity contribution in [2.45, 2.75) is 37.4 Å². The highest BCUT2D eigenvalue weighted by atomic mass is 32.1. The molecule has 0 saturated carbocycles. The van der Waals surface area contributed by atoms with Crippen LogP contribution in [0.4, 0.5) is 0 Å². The molecule has 0 spiro atoms. The van der Waals surface area contributed by atoms with Gasteiger partial charge >= 0.3 is 0 Å². The molecule has 4 N–H and O–H groups in total. The van der Waals surface area contributed by atoms with E-state index in [2.05, 4.69) is 27.5 Å². The standard InChI is InChI=1S/C17H16N4O2S/c18-16(22)4-2-11-5-9-6-14(19-8-15(9)24-11)17(23)21-13-7-10-1-3-12(13)20-10/h5-6,8,10,12-13,20H,1,3,7H2,(H2,18,22)(H,21,23)/t10-,12+,13-/m1/s1. The molecular weight excluding hydrogens is 324 g/mol. The fourth-order valence-corrected chi connectivity index (χ4v) is 4.35. The Kier molecular flexibility index (Phi) is 3.71. The minimum absolute atomic E-state index is 0.146. The number of rotatable bonds is 2. The lowest BCUT2D eigenvalue weighted by Gasteiger charge is -2.21. The van der Waals surface area contributed by atoms with E-state index in [0.717, 1.165) is 27.8 Å². The summed E-state index contributed by atoms with van der Waals surface area (Å²) in [5.74, 6) is 4.23. The van der Waals surface area contributed by atoms with Gasteiger partial charge in [-0.2, -0.15) is 0 Å². The van der Waals surface area contributed by atoms with Gasteiger partial charge in [0, 0.05) is 30.2 Å². The Balaban J connectivity index is 1.53. The molecule has 2 aliphatic heterocycles. The molecule has 3 atom stereocenters. The number of primary amides is 1. The van der Waals surface area contributed by atoms with Gasteiger partial charge in [-0.1, -0.05) is 0 Å². The first-order valence-corrected chi connectivity index (χ1v) is 8.68. The van der Waals surface area contributed by atoms with Crippen molar-refractivity contribution in [3.05, 3.63) is 28.9 Å². The van der Waals surface area contributed by atoms with Crippen LogP contribution in [0.2, 0.25) is 0 Å². The maximum absolute atomic E-state index is 12.5. The molecule has 122 valence electrons. The minimum atomic E-state index is -0.662. The average Bonchev–Trinajstić information content (AvgIpc) is 3.26. The van der Waals surface area contributed by atoms with Crippen LogP contribution < -0.4 is 16.4 Å². The Bertz CT molecular complexity index is 895. The van der Waals surface area contributed by atoms with Crippen LogP contribution in [-0.2, 0) is 4.79 Å². The third-order valence-electron chi connectivity index (χ3n) is 4.56. The molecule has 0 unspecified atom stereocenters. The van der Waals surface area contributed by atoms with Crippen LogP contribution in [-0.4, -0.2) is 34.9 Å². The van der Waals surface area contributed by atoms with E-state index in [9.17, 15) is 9.59 Å². The Morgan fingerprint density at radius 1 is 1.38 bits per heavy atom. The maximum Gasteiger partial charge on any atom is 0.293 e. The van der Waals surface area contributed by atoms with E-state index in [1.165, 1.54) is 17.8 Å². The Morgan fingerprint density at radius 2 is 2.25 bits per heavy atom. The Labute approximate surface area is 142 Å². The van der Waals surface area contributed by atoms with Gasteiger partial charge in [-0.25, -0.2) is 4.98 Å². The van der Waals surface area contributed by atoms with Gasteiger partial charge in [0.25, 0.3) is 11.8 Å². The number of carbonyl (C=O) groups excluding carboxylic acids is 2. The molecule has 2 aliphatic rings. The van der Waals surface area contributed by atoms with Crippen molar-refractivity contribution in [3.8, 4) is 11.8 Å². The Hall–Kier alpha value is -2.43. The summed E-state index contributed by atoms with van der Waals surface area (Å²) >= 11 is 1.42. The summed E-state index contributed by atoms with van der Waals surface area (Å²) in [6.45, 7) is 0. The first-order chi connectivity index (χ1) is 11.6. The lowest BCUT2D eigenvalue weighted by molar-refractivity contribution is -0.112. The van der Waals surface area contributed by atoms with Crippen molar-refractivity contribution < 1.29 is 9.59 Å². The van der Waals surface area contributed by atoms with Gasteiger partial charge in [-0.05, 0) is 42.7 Å². The summed E-state index contributed by atoms with van der Waals surface area (Å²) in [7, 11) is 0. The van der Waals surface area contributed by atoms with E-state index >= 15 is 0 Å². The average molecular weight is 340 g/mol. The summed E-state index contributed by atoms with van der Waals surface area (Å²) in [5, 5.41) is 7.48. The molecule has 0 aliphatic carbocycles. The molecule has 2 aromatic rings. The summed E-state index contributed by atoms with van der Waals surface area (Å²) in [6.07, 6.45) is 4.98. The van der Waals surface area contributed by atoms with Gasteiger partial charge in [-0.15, -0.1) is 11.3 Å². The van der Waals surface area contributed by atoms with Crippen molar-refractivity contribution in [1.82, 2.24) is 15.6 Å². The van der Waals surface area contributed by atoms with Crippen molar-refractivity contribution in [1.29, 1.82) is 0 Å². The molecule has 24 heavy (non-hydrogen) atoms. The lowest BCUT2D eigenvalue weighted by Crippen LogP contribution is -2.43. The number of thiophene rings is 1. The number of amides is 2. The number of nitrogens with one attached hydrogen (secondary N) is 2. The Morgan fingerprint density at radius 3 is 2.96 bits per heavy atom. The molecule has 7 heteroatoms. The SMILES string of the molecule is NC(=O)C#Cc1cc2cc(C(=O)N[C@@H]3C[C@H]4CC[C@@H]3N4)ncc2s1. The maximum atomic E-state index is 12.5. The fourth-order valence-electron chi connectivity index (χ4n) is 3.48. The van der Waals surface area contributed by atoms with Crippen LogP contribution >= 0.6 is 11.3 Å². The van der Waals surface area contributed by atoms with Crippen LogP contribution in [0.5, 0.6) is 0 Å². The number of aromatic nitrogens is 1. The molecular formula is C17H16N4O2S. The van der Waals surface area contributed by atoms with Crippen LogP contribution in [0.1, 0.15) is 34.6 Å². The second-order valence-electron chi connectivity index (χ2n) is 6.20. The topological polar surface area (TPSA) is 97.1 Å². The summed E-state index contributed by atoms with van der Waals surface area (Å²) in [6, 6.07) is 4.72. The molecule has 2 fully saturated rings. The normalized spacial score (nSPS) is 24.6. The third kappa shape index (κ3) is 2.86. The minimum Gasteiger partial charge on any atom is -0.359 e. The van der Waals surface area contributed by atoms with Crippen LogP contribution in [0.3, 0.4) is 0 Å². The largest absolute Gasteiger partial charge is 0.359 e. The van der Waals surface area contributed by atoms with E-state index in [-0.39, 0.29) is 11.9 Å². The molecule has 2 saturated heterocycles.